The fourth-order valence-electron chi connectivity index (χ4n) is 5.21. The van der Waals surface area contributed by atoms with Crippen molar-refractivity contribution in [3.63, 3.8) is 0 Å². The van der Waals surface area contributed by atoms with Crippen LogP contribution in [0.5, 0.6) is 0 Å². The summed E-state index contributed by atoms with van der Waals surface area (Å²) in [6, 6.07) is 1.80. The van der Waals surface area contributed by atoms with Crippen molar-refractivity contribution in [1.82, 2.24) is 19.7 Å². The van der Waals surface area contributed by atoms with Crippen LogP contribution in [0, 0.1) is 6.92 Å². The Hall–Kier alpha value is -2.75. The molecule has 0 N–H and O–H groups in total. The molecule has 1 aliphatic carbocycles. The molecular formula is C23H29F2N5O3. The van der Waals surface area contributed by atoms with E-state index in [1.54, 1.807) is 25.0 Å². The molecule has 4 heterocycles. The SMILES string of the molecule is COC(=O)N1CCc2c(c(N3CCCc4nc(C)c(C(F)F)cc43)nn2C2CC(OC)C2)C1. The normalized spacial score (nSPS) is 22.1. The number of aryl methyl sites for hydroxylation is 2. The van der Waals surface area contributed by atoms with Gasteiger partial charge in [0.05, 0.1) is 37.2 Å². The summed E-state index contributed by atoms with van der Waals surface area (Å²) in [7, 11) is 3.10. The molecule has 0 spiro atoms. The fourth-order valence-corrected chi connectivity index (χ4v) is 5.21. The number of nitrogens with zero attached hydrogens (tertiary/aromatic N) is 5. The van der Waals surface area contributed by atoms with E-state index in [1.165, 1.54) is 7.11 Å². The Kier molecular flexibility index (Phi) is 5.72. The first-order valence-electron chi connectivity index (χ1n) is 11.4. The molecule has 178 valence electrons. The number of hydrogen-bond donors (Lipinski definition) is 0. The first-order valence-corrected chi connectivity index (χ1v) is 11.4. The van der Waals surface area contributed by atoms with Crippen LogP contribution in [0.15, 0.2) is 6.07 Å². The highest BCUT2D eigenvalue weighted by Crippen LogP contribution is 2.42. The molecule has 0 bridgehead atoms. The summed E-state index contributed by atoms with van der Waals surface area (Å²) >= 11 is 0. The maximum absolute atomic E-state index is 13.7. The van der Waals surface area contributed by atoms with Crippen molar-refractivity contribution in [2.75, 3.05) is 32.2 Å². The molecule has 0 atom stereocenters. The maximum Gasteiger partial charge on any atom is 0.409 e. The van der Waals surface area contributed by atoms with Crippen LogP contribution in [0.2, 0.25) is 0 Å². The van der Waals surface area contributed by atoms with Crippen molar-refractivity contribution in [2.45, 2.75) is 64.1 Å². The van der Waals surface area contributed by atoms with E-state index >= 15 is 0 Å². The number of halogens is 2. The zero-order chi connectivity index (χ0) is 23.3. The second-order valence-corrected chi connectivity index (χ2v) is 9.00. The number of aromatic nitrogens is 3. The molecule has 1 amide bonds. The molecule has 2 aromatic rings. The molecule has 5 rings (SSSR count). The summed E-state index contributed by atoms with van der Waals surface area (Å²) < 4.78 is 39.8. The van der Waals surface area contributed by atoms with Gasteiger partial charge in [0, 0.05) is 49.1 Å². The maximum atomic E-state index is 13.7. The predicted molar refractivity (Wildman–Crippen MR) is 117 cm³/mol. The standard InChI is InChI=1S/C23H29F2N5O3/c1-13-16(21(24)25)11-20-18(26-13)5-4-7-29(20)22-17-12-28(23(31)33-3)8-6-19(17)30(27-22)14-9-15(10-14)32-2/h11,14-15,21H,4-10,12H2,1-3H3. The highest BCUT2D eigenvalue weighted by atomic mass is 19.3. The molecule has 0 aromatic carbocycles. The fraction of sp³-hybridized carbons (Fsp3) is 0.609. The number of carbonyl (C=O) groups is 1. The number of amides is 1. The first-order chi connectivity index (χ1) is 15.9. The van der Waals surface area contributed by atoms with E-state index in [0.717, 1.165) is 48.5 Å². The van der Waals surface area contributed by atoms with Crippen molar-refractivity contribution in [3.05, 3.63) is 34.3 Å². The summed E-state index contributed by atoms with van der Waals surface area (Å²) in [6.07, 6.45) is 1.30. The number of hydrogen-bond acceptors (Lipinski definition) is 6. The number of pyridine rings is 1. The van der Waals surface area contributed by atoms with Gasteiger partial charge in [-0.15, -0.1) is 0 Å². The summed E-state index contributed by atoms with van der Waals surface area (Å²) in [5.41, 5.74) is 3.89. The third-order valence-corrected chi connectivity index (χ3v) is 7.13. The summed E-state index contributed by atoms with van der Waals surface area (Å²) in [4.78, 5) is 20.5. The largest absolute Gasteiger partial charge is 0.453 e. The lowest BCUT2D eigenvalue weighted by Crippen LogP contribution is -2.38. The number of methoxy groups -OCH3 is 2. The molecule has 10 heteroatoms. The molecule has 8 nitrogen and oxygen atoms in total. The van der Waals surface area contributed by atoms with Crippen molar-refractivity contribution in [1.29, 1.82) is 0 Å². The Morgan fingerprint density at radius 2 is 2.00 bits per heavy atom. The molecule has 1 fully saturated rings. The van der Waals surface area contributed by atoms with Gasteiger partial charge in [-0.1, -0.05) is 0 Å². The number of carbonyl (C=O) groups excluding carboxylic acids is 1. The van der Waals surface area contributed by atoms with Crippen LogP contribution >= 0.6 is 0 Å². The van der Waals surface area contributed by atoms with Gasteiger partial charge in [0.1, 0.15) is 0 Å². The molecule has 2 aromatic heterocycles. The molecule has 1 saturated carbocycles. The van der Waals surface area contributed by atoms with Gasteiger partial charge in [-0.3, -0.25) is 9.67 Å². The van der Waals surface area contributed by atoms with Crippen LogP contribution in [0.4, 0.5) is 25.1 Å². The van der Waals surface area contributed by atoms with E-state index < -0.39 is 6.43 Å². The predicted octanol–water partition coefficient (Wildman–Crippen LogP) is 4.08. The molecule has 33 heavy (non-hydrogen) atoms. The second kappa shape index (κ2) is 8.55. The van der Waals surface area contributed by atoms with Crippen molar-refractivity contribution < 1.29 is 23.0 Å². The molecule has 0 radical (unpaired) electrons. The number of fused-ring (bicyclic) bond motifs is 2. The van der Waals surface area contributed by atoms with Crippen LogP contribution in [0.25, 0.3) is 0 Å². The van der Waals surface area contributed by atoms with E-state index in [4.69, 9.17) is 14.6 Å². The topological polar surface area (TPSA) is 72.7 Å². The van der Waals surface area contributed by atoms with E-state index in [1.807, 2.05) is 4.90 Å². The minimum Gasteiger partial charge on any atom is -0.453 e. The van der Waals surface area contributed by atoms with Gasteiger partial charge in [0.25, 0.3) is 6.43 Å². The van der Waals surface area contributed by atoms with Crippen LogP contribution < -0.4 is 4.90 Å². The lowest BCUT2D eigenvalue weighted by atomic mass is 9.89. The van der Waals surface area contributed by atoms with E-state index in [0.29, 0.717) is 37.4 Å². The minimum absolute atomic E-state index is 0.0490. The second-order valence-electron chi connectivity index (χ2n) is 9.00. The Balaban J connectivity index is 1.58. The average molecular weight is 462 g/mol. The monoisotopic (exact) mass is 461 g/mol. The molecule has 2 aliphatic heterocycles. The van der Waals surface area contributed by atoms with E-state index in [2.05, 4.69) is 9.67 Å². The highest BCUT2D eigenvalue weighted by Gasteiger charge is 2.38. The molecular weight excluding hydrogens is 432 g/mol. The van der Waals surface area contributed by atoms with Gasteiger partial charge in [0.15, 0.2) is 5.82 Å². The Bertz CT molecular complexity index is 1070. The van der Waals surface area contributed by atoms with E-state index in [9.17, 15) is 13.6 Å². The number of anilines is 2. The molecule has 0 unspecified atom stereocenters. The van der Waals surface area contributed by atoms with Gasteiger partial charge in [-0.25, -0.2) is 13.6 Å². The van der Waals surface area contributed by atoms with Gasteiger partial charge in [0.2, 0.25) is 0 Å². The quantitative estimate of drug-likeness (QED) is 0.683. The lowest BCUT2D eigenvalue weighted by Gasteiger charge is -2.36. The summed E-state index contributed by atoms with van der Waals surface area (Å²) in [5, 5.41) is 5.01. The molecule has 0 saturated heterocycles. The smallest absolute Gasteiger partial charge is 0.409 e. The number of alkyl halides is 2. The third-order valence-electron chi connectivity index (χ3n) is 7.13. The van der Waals surface area contributed by atoms with Gasteiger partial charge in [-0.2, -0.15) is 5.10 Å². The highest BCUT2D eigenvalue weighted by molar-refractivity contribution is 5.71. The van der Waals surface area contributed by atoms with Crippen molar-refractivity contribution in [2.24, 2.45) is 0 Å². The van der Waals surface area contributed by atoms with Gasteiger partial charge in [-0.05, 0) is 38.7 Å². The zero-order valence-electron chi connectivity index (χ0n) is 19.2. The van der Waals surface area contributed by atoms with Crippen LogP contribution in [0.3, 0.4) is 0 Å². The summed E-state index contributed by atoms with van der Waals surface area (Å²) in [5.74, 6) is 0.728. The summed E-state index contributed by atoms with van der Waals surface area (Å²) in [6.45, 7) is 3.23. The Morgan fingerprint density at radius 3 is 2.70 bits per heavy atom. The van der Waals surface area contributed by atoms with Gasteiger partial charge < -0.3 is 19.3 Å². The van der Waals surface area contributed by atoms with Crippen molar-refractivity contribution in [3.8, 4) is 0 Å². The van der Waals surface area contributed by atoms with Crippen LogP contribution in [-0.4, -0.2) is 59.2 Å². The zero-order valence-corrected chi connectivity index (χ0v) is 19.2. The first kappa shape index (κ1) is 22.1. The van der Waals surface area contributed by atoms with Crippen LogP contribution in [-0.2, 0) is 28.9 Å². The van der Waals surface area contributed by atoms with E-state index in [-0.39, 0.29) is 23.8 Å². The minimum atomic E-state index is -2.59. The molecule has 3 aliphatic rings. The third kappa shape index (κ3) is 3.74. The van der Waals surface area contributed by atoms with Crippen LogP contribution in [0.1, 0.15) is 59.9 Å². The number of ether oxygens (including phenoxy) is 2. The Labute approximate surface area is 191 Å². The average Bonchev–Trinajstić information content (AvgIpc) is 3.15. The number of rotatable bonds is 4. The Morgan fingerprint density at radius 1 is 1.21 bits per heavy atom. The van der Waals surface area contributed by atoms with Crippen molar-refractivity contribution >= 4 is 17.6 Å². The lowest BCUT2D eigenvalue weighted by molar-refractivity contribution is 0.00140. The van der Waals surface area contributed by atoms with Gasteiger partial charge >= 0.3 is 6.09 Å².